The van der Waals surface area contributed by atoms with Crippen LogP contribution in [-0.4, -0.2) is 26.7 Å². The standard InChI is InChI=1S/C22H20N4O2/c1-13-11-15-7-4-5-8-18(15)26(13)22(27)16-12-17(19-9-6-10-28-19)23-21-20(16)14(2)24-25(21)3/h4-10,12-13H,11H2,1-3H3/t13-/m1/s1. The fourth-order valence-electron chi connectivity index (χ4n) is 4.17. The van der Waals surface area contributed by atoms with E-state index in [1.807, 2.05) is 55.3 Å². The van der Waals surface area contributed by atoms with Crippen LogP contribution in [0.5, 0.6) is 0 Å². The first-order chi connectivity index (χ1) is 13.5. The van der Waals surface area contributed by atoms with E-state index in [1.54, 1.807) is 10.9 Å². The molecule has 0 N–H and O–H groups in total. The van der Waals surface area contributed by atoms with Gasteiger partial charge in [0.15, 0.2) is 11.4 Å². The summed E-state index contributed by atoms with van der Waals surface area (Å²) in [4.78, 5) is 20.3. The Morgan fingerprint density at radius 2 is 2.04 bits per heavy atom. The number of pyridine rings is 1. The predicted molar refractivity (Wildman–Crippen MR) is 107 cm³/mol. The second-order valence-electron chi connectivity index (χ2n) is 7.30. The van der Waals surface area contributed by atoms with Gasteiger partial charge in [0.05, 0.1) is 22.9 Å². The van der Waals surface area contributed by atoms with Gasteiger partial charge in [-0.2, -0.15) is 5.10 Å². The van der Waals surface area contributed by atoms with E-state index < -0.39 is 0 Å². The molecule has 3 aromatic heterocycles. The highest BCUT2D eigenvalue weighted by atomic mass is 16.3. The van der Waals surface area contributed by atoms with Crippen LogP contribution in [-0.2, 0) is 13.5 Å². The van der Waals surface area contributed by atoms with Crippen molar-refractivity contribution in [3.63, 3.8) is 0 Å². The normalized spacial score (nSPS) is 16.0. The number of rotatable bonds is 2. The zero-order chi connectivity index (χ0) is 19.4. The van der Waals surface area contributed by atoms with Gasteiger partial charge in [0.25, 0.3) is 5.91 Å². The Hall–Kier alpha value is -3.41. The van der Waals surface area contributed by atoms with E-state index in [4.69, 9.17) is 9.40 Å². The maximum Gasteiger partial charge on any atom is 0.259 e. The number of aryl methyl sites for hydroxylation is 2. The number of para-hydroxylation sites is 1. The number of carbonyl (C=O) groups is 1. The maximum absolute atomic E-state index is 13.7. The highest BCUT2D eigenvalue weighted by Gasteiger charge is 2.33. The number of furan rings is 1. The number of hydrogen-bond acceptors (Lipinski definition) is 4. The van der Waals surface area contributed by atoms with Crippen molar-refractivity contribution in [2.24, 2.45) is 7.05 Å². The lowest BCUT2D eigenvalue weighted by Gasteiger charge is -2.23. The molecule has 1 aromatic carbocycles. The van der Waals surface area contributed by atoms with Crippen molar-refractivity contribution in [3.05, 3.63) is 65.5 Å². The predicted octanol–water partition coefficient (Wildman–Crippen LogP) is 4.13. The number of amides is 1. The van der Waals surface area contributed by atoms with Gasteiger partial charge < -0.3 is 9.32 Å². The fraction of sp³-hybridized carbons (Fsp3) is 0.227. The van der Waals surface area contributed by atoms with Gasteiger partial charge in [-0.25, -0.2) is 4.98 Å². The van der Waals surface area contributed by atoms with Gasteiger partial charge in [-0.15, -0.1) is 0 Å². The zero-order valence-corrected chi connectivity index (χ0v) is 16.0. The van der Waals surface area contributed by atoms with Crippen LogP contribution < -0.4 is 4.90 Å². The van der Waals surface area contributed by atoms with Crippen molar-refractivity contribution in [1.29, 1.82) is 0 Å². The topological polar surface area (TPSA) is 64.2 Å². The Balaban J connectivity index is 1.73. The third-order valence-corrected chi connectivity index (χ3v) is 5.40. The molecule has 0 fully saturated rings. The number of benzene rings is 1. The van der Waals surface area contributed by atoms with Gasteiger partial charge >= 0.3 is 0 Å². The van der Waals surface area contributed by atoms with Crippen molar-refractivity contribution >= 4 is 22.6 Å². The van der Waals surface area contributed by atoms with Crippen LogP contribution in [0.15, 0.2) is 53.1 Å². The van der Waals surface area contributed by atoms with Crippen LogP contribution >= 0.6 is 0 Å². The largest absolute Gasteiger partial charge is 0.463 e. The summed E-state index contributed by atoms with van der Waals surface area (Å²) in [5, 5.41) is 5.29. The molecule has 28 heavy (non-hydrogen) atoms. The molecule has 1 atom stereocenters. The molecular weight excluding hydrogens is 352 g/mol. The van der Waals surface area contributed by atoms with E-state index in [-0.39, 0.29) is 11.9 Å². The average Bonchev–Trinajstić information content (AvgIpc) is 3.39. The third-order valence-electron chi connectivity index (χ3n) is 5.40. The second kappa shape index (κ2) is 6.05. The minimum absolute atomic E-state index is 0.0336. The van der Waals surface area contributed by atoms with Crippen LogP contribution in [0.4, 0.5) is 5.69 Å². The lowest BCUT2D eigenvalue weighted by atomic mass is 10.1. The first-order valence-electron chi connectivity index (χ1n) is 9.34. The summed E-state index contributed by atoms with van der Waals surface area (Å²) in [6.07, 6.45) is 2.46. The number of aromatic nitrogens is 3. The molecular formula is C22H20N4O2. The quantitative estimate of drug-likeness (QED) is 0.531. The van der Waals surface area contributed by atoms with E-state index in [0.717, 1.165) is 23.2 Å². The summed E-state index contributed by atoms with van der Waals surface area (Å²) >= 11 is 0. The van der Waals surface area contributed by atoms with Crippen molar-refractivity contribution < 1.29 is 9.21 Å². The molecule has 140 valence electrons. The van der Waals surface area contributed by atoms with Crippen molar-refractivity contribution in [2.75, 3.05) is 4.90 Å². The third kappa shape index (κ3) is 2.37. The lowest BCUT2D eigenvalue weighted by molar-refractivity contribution is 0.0983. The lowest BCUT2D eigenvalue weighted by Crippen LogP contribution is -2.36. The number of fused-ring (bicyclic) bond motifs is 2. The van der Waals surface area contributed by atoms with Gasteiger partial charge in [-0.05, 0) is 50.1 Å². The fourth-order valence-corrected chi connectivity index (χ4v) is 4.17. The summed E-state index contributed by atoms with van der Waals surface area (Å²) in [6.45, 7) is 3.99. The molecule has 6 heteroatoms. The zero-order valence-electron chi connectivity index (χ0n) is 16.0. The van der Waals surface area contributed by atoms with E-state index in [2.05, 4.69) is 18.1 Å². The summed E-state index contributed by atoms with van der Waals surface area (Å²) in [5.41, 5.74) is 4.87. The minimum Gasteiger partial charge on any atom is -0.463 e. The Morgan fingerprint density at radius 3 is 2.82 bits per heavy atom. The summed E-state index contributed by atoms with van der Waals surface area (Å²) in [7, 11) is 1.84. The SMILES string of the molecule is Cc1nn(C)c2nc(-c3ccco3)cc(C(=O)N3c4ccccc4C[C@H]3C)c12. The van der Waals surface area contributed by atoms with Crippen LogP contribution in [0.3, 0.4) is 0 Å². The number of anilines is 1. The van der Waals surface area contributed by atoms with Crippen LogP contribution in [0.25, 0.3) is 22.5 Å². The monoisotopic (exact) mass is 372 g/mol. The van der Waals surface area contributed by atoms with Gasteiger partial charge in [0.2, 0.25) is 0 Å². The summed E-state index contributed by atoms with van der Waals surface area (Å²) in [6, 6.07) is 13.7. The number of carbonyl (C=O) groups excluding carboxylic acids is 1. The van der Waals surface area contributed by atoms with Crippen molar-refractivity contribution in [1.82, 2.24) is 14.8 Å². The van der Waals surface area contributed by atoms with Crippen LogP contribution in [0.1, 0.15) is 28.5 Å². The molecule has 4 heterocycles. The van der Waals surface area contributed by atoms with E-state index in [9.17, 15) is 4.79 Å². The highest BCUT2D eigenvalue weighted by molar-refractivity contribution is 6.15. The van der Waals surface area contributed by atoms with Gasteiger partial charge in [0, 0.05) is 18.8 Å². The van der Waals surface area contributed by atoms with E-state index >= 15 is 0 Å². The Morgan fingerprint density at radius 1 is 1.21 bits per heavy atom. The van der Waals surface area contributed by atoms with E-state index in [1.165, 1.54) is 5.56 Å². The first kappa shape index (κ1) is 16.7. The Labute approximate surface area is 162 Å². The van der Waals surface area contributed by atoms with Gasteiger partial charge in [-0.3, -0.25) is 9.48 Å². The first-order valence-corrected chi connectivity index (χ1v) is 9.34. The Kier molecular flexibility index (Phi) is 3.62. The van der Waals surface area contributed by atoms with Crippen molar-refractivity contribution in [2.45, 2.75) is 26.3 Å². The Bertz CT molecular complexity index is 1210. The molecule has 0 saturated carbocycles. The molecule has 1 aliphatic rings. The maximum atomic E-state index is 13.7. The van der Waals surface area contributed by atoms with Gasteiger partial charge in [-0.1, -0.05) is 18.2 Å². The number of hydrogen-bond donors (Lipinski definition) is 0. The molecule has 0 bridgehead atoms. The molecule has 1 amide bonds. The summed E-state index contributed by atoms with van der Waals surface area (Å²) < 4.78 is 7.25. The molecule has 0 unspecified atom stereocenters. The summed E-state index contributed by atoms with van der Waals surface area (Å²) in [5.74, 6) is 0.596. The van der Waals surface area contributed by atoms with Crippen LogP contribution in [0.2, 0.25) is 0 Å². The van der Waals surface area contributed by atoms with E-state index in [0.29, 0.717) is 22.7 Å². The molecule has 6 nitrogen and oxygen atoms in total. The second-order valence-corrected chi connectivity index (χ2v) is 7.30. The molecule has 0 radical (unpaired) electrons. The van der Waals surface area contributed by atoms with Crippen LogP contribution in [0, 0.1) is 6.92 Å². The molecule has 0 spiro atoms. The van der Waals surface area contributed by atoms with Gasteiger partial charge in [0.1, 0.15) is 5.69 Å². The average molecular weight is 372 g/mol. The molecule has 0 aliphatic carbocycles. The molecule has 0 saturated heterocycles. The molecule has 5 rings (SSSR count). The molecule has 1 aliphatic heterocycles. The smallest absolute Gasteiger partial charge is 0.259 e. The number of nitrogens with zero attached hydrogens (tertiary/aromatic N) is 4. The van der Waals surface area contributed by atoms with Crippen molar-refractivity contribution in [3.8, 4) is 11.5 Å². The minimum atomic E-state index is -0.0336. The highest BCUT2D eigenvalue weighted by Crippen LogP contribution is 2.35. The molecule has 4 aromatic rings.